The van der Waals surface area contributed by atoms with Crippen LogP contribution in [-0.2, 0) is 0 Å². The first kappa shape index (κ1) is 15.2. The first-order valence-corrected chi connectivity index (χ1v) is 7.26. The highest BCUT2D eigenvalue weighted by molar-refractivity contribution is 5.14. The molecule has 0 heterocycles. The lowest BCUT2D eigenvalue weighted by molar-refractivity contribution is -0.241. The van der Waals surface area contributed by atoms with E-state index in [4.69, 9.17) is 0 Å². The van der Waals surface area contributed by atoms with Crippen LogP contribution in [0.15, 0.2) is 0 Å². The Morgan fingerprint density at radius 2 is 1.84 bits per heavy atom. The third-order valence-electron chi connectivity index (χ3n) is 5.04. The Balaban J connectivity index is 2.12. The molecule has 0 aromatic carbocycles. The van der Waals surface area contributed by atoms with Crippen molar-refractivity contribution in [3.8, 4) is 0 Å². The molecule has 0 aliphatic heterocycles. The minimum Gasteiger partial charge on any atom is -0.390 e. The van der Waals surface area contributed by atoms with Crippen LogP contribution in [0.5, 0.6) is 0 Å². The van der Waals surface area contributed by atoms with Gasteiger partial charge in [0.1, 0.15) is 0 Å². The normalized spacial score (nSPS) is 46.6. The van der Waals surface area contributed by atoms with Gasteiger partial charge < -0.3 is 25.3 Å². The van der Waals surface area contributed by atoms with E-state index in [-0.39, 0.29) is 6.42 Å². The monoisotopic (exact) mass is 273 g/mol. The lowest BCUT2D eigenvalue weighted by atomic mass is 9.63. The van der Waals surface area contributed by atoms with Gasteiger partial charge in [-0.1, -0.05) is 0 Å². The molecule has 0 amide bonds. The van der Waals surface area contributed by atoms with E-state index in [0.717, 1.165) is 19.4 Å². The molecule has 0 saturated heterocycles. The Bertz CT molecular complexity index is 325. The van der Waals surface area contributed by atoms with Crippen LogP contribution in [0.2, 0.25) is 0 Å². The van der Waals surface area contributed by atoms with Crippen molar-refractivity contribution in [3.05, 3.63) is 0 Å². The number of hydrogen-bond donors (Lipinski definition) is 4. The number of nitrogens with zero attached hydrogens (tertiary/aromatic N) is 1. The van der Waals surface area contributed by atoms with Gasteiger partial charge in [-0.2, -0.15) is 0 Å². The molecule has 5 heteroatoms. The summed E-state index contributed by atoms with van der Waals surface area (Å²) >= 11 is 0. The molecule has 2 aliphatic carbocycles. The summed E-state index contributed by atoms with van der Waals surface area (Å²) < 4.78 is 0. The Labute approximate surface area is 114 Å². The van der Waals surface area contributed by atoms with Crippen molar-refractivity contribution in [2.75, 3.05) is 20.6 Å². The molecule has 5 unspecified atom stereocenters. The highest BCUT2D eigenvalue weighted by Crippen LogP contribution is 2.52. The minimum absolute atomic E-state index is 0.0782. The van der Waals surface area contributed by atoms with Crippen LogP contribution in [0.1, 0.15) is 38.5 Å². The Kier molecular flexibility index (Phi) is 4.23. The van der Waals surface area contributed by atoms with E-state index in [1.165, 1.54) is 0 Å². The average molecular weight is 273 g/mol. The van der Waals surface area contributed by atoms with Gasteiger partial charge in [0.25, 0.3) is 0 Å². The Morgan fingerprint density at radius 1 is 1.16 bits per heavy atom. The van der Waals surface area contributed by atoms with Gasteiger partial charge >= 0.3 is 0 Å². The number of aliphatic hydroxyl groups excluding tert-OH is 2. The van der Waals surface area contributed by atoms with E-state index in [0.29, 0.717) is 19.3 Å². The lowest BCUT2D eigenvalue weighted by Gasteiger charge is -2.51. The molecule has 0 aromatic rings. The van der Waals surface area contributed by atoms with E-state index in [9.17, 15) is 20.4 Å². The number of fused-ring (bicyclic) bond motifs is 1. The number of aliphatic hydroxyl groups is 4. The average Bonchev–Trinajstić information content (AvgIpc) is 2.60. The van der Waals surface area contributed by atoms with Crippen molar-refractivity contribution in [2.24, 2.45) is 5.92 Å². The molecule has 0 radical (unpaired) electrons. The summed E-state index contributed by atoms with van der Waals surface area (Å²) in [7, 11) is 3.96. The summed E-state index contributed by atoms with van der Waals surface area (Å²) in [6.07, 6.45) is 1.43. The van der Waals surface area contributed by atoms with Gasteiger partial charge in [-0.15, -0.1) is 0 Å². The second-order valence-corrected chi connectivity index (χ2v) is 6.62. The first-order chi connectivity index (χ1) is 8.80. The largest absolute Gasteiger partial charge is 0.390 e. The molecule has 2 fully saturated rings. The summed E-state index contributed by atoms with van der Waals surface area (Å²) in [4.78, 5) is 2.05. The molecule has 5 nitrogen and oxygen atoms in total. The standard InChI is InChI=1S/C14H27NO4/c1-15(2)8-3-5-10-12(17)11(16)9-13(18)6-4-7-14(10,13)19/h10-12,16-19H,3-9H2,1-2H3. The van der Waals surface area contributed by atoms with Crippen LogP contribution >= 0.6 is 0 Å². The van der Waals surface area contributed by atoms with E-state index >= 15 is 0 Å². The van der Waals surface area contributed by atoms with E-state index in [2.05, 4.69) is 4.90 Å². The predicted octanol–water partition coefficient (Wildman–Crippen LogP) is -0.284. The molecule has 2 aliphatic rings. The molecule has 0 bridgehead atoms. The number of rotatable bonds is 4. The molecule has 2 rings (SSSR count). The topological polar surface area (TPSA) is 84.2 Å². The molecule has 2 saturated carbocycles. The second kappa shape index (κ2) is 5.30. The molecular formula is C14H27NO4. The zero-order valence-corrected chi connectivity index (χ0v) is 11.9. The Morgan fingerprint density at radius 3 is 2.47 bits per heavy atom. The maximum atomic E-state index is 10.8. The second-order valence-electron chi connectivity index (χ2n) is 6.62. The number of hydrogen-bond acceptors (Lipinski definition) is 5. The lowest BCUT2D eigenvalue weighted by Crippen LogP contribution is -2.65. The van der Waals surface area contributed by atoms with Crippen LogP contribution < -0.4 is 0 Å². The van der Waals surface area contributed by atoms with Crippen LogP contribution in [0.4, 0.5) is 0 Å². The Hall–Kier alpha value is -0.200. The molecule has 112 valence electrons. The van der Waals surface area contributed by atoms with Crippen molar-refractivity contribution in [3.63, 3.8) is 0 Å². The predicted molar refractivity (Wildman–Crippen MR) is 71.7 cm³/mol. The maximum absolute atomic E-state index is 10.8. The first-order valence-electron chi connectivity index (χ1n) is 7.26. The fourth-order valence-corrected chi connectivity index (χ4v) is 3.96. The third-order valence-corrected chi connectivity index (χ3v) is 5.04. The highest BCUT2D eigenvalue weighted by Gasteiger charge is 2.63. The van der Waals surface area contributed by atoms with Gasteiger partial charge in [0, 0.05) is 12.3 Å². The summed E-state index contributed by atoms with van der Waals surface area (Å²) in [6.45, 7) is 0.869. The summed E-state index contributed by atoms with van der Waals surface area (Å²) in [6, 6.07) is 0. The van der Waals surface area contributed by atoms with Crippen molar-refractivity contribution >= 4 is 0 Å². The fourth-order valence-electron chi connectivity index (χ4n) is 3.96. The highest BCUT2D eigenvalue weighted by atomic mass is 16.4. The van der Waals surface area contributed by atoms with Crippen molar-refractivity contribution in [2.45, 2.75) is 61.9 Å². The van der Waals surface area contributed by atoms with Gasteiger partial charge in [0.15, 0.2) is 0 Å². The van der Waals surface area contributed by atoms with E-state index in [1.54, 1.807) is 0 Å². The zero-order chi connectivity index (χ0) is 14.3. The summed E-state index contributed by atoms with van der Waals surface area (Å²) in [5.74, 6) is -0.441. The van der Waals surface area contributed by atoms with Crippen molar-refractivity contribution in [1.82, 2.24) is 4.90 Å². The summed E-state index contributed by atoms with van der Waals surface area (Å²) in [5.41, 5.74) is -2.47. The van der Waals surface area contributed by atoms with Gasteiger partial charge in [0.2, 0.25) is 0 Å². The molecular weight excluding hydrogens is 246 g/mol. The van der Waals surface area contributed by atoms with Gasteiger partial charge in [0.05, 0.1) is 23.4 Å². The van der Waals surface area contributed by atoms with Crippen LogP contribution in [0, 0.1) is 5.92 Å². The SMILES string of the molecule is CN(C)CCCC1C(O)C(O)CC2(O)CCCC12O. The third kappa shape index (κ3) is 2.54. The van der Waals surface area contributed by atoms with Crippen molar-refractivity contribution < 1.29 is 20.4 Å². The van der Waals surface area contributed by atoms with Crippen LogP contribution in [0.25, 0.3) is 0 Å². The van der Waals surface area contributed by atoms with Crippen LogP contribution in [0.3, 0.4) is 0 Å². The zero-order valence-electron chi connectivity index (χ0n) is 11.9. The molecule has 0 spiro atoms. The van der Waals surface area contributed by atoms with Gasteiger partial charge in [-0.25, -0.2) is 0 Å². The fraction of sp³-hybridized carbons (Fsp3) is 1.00. The van der Waals surface area contributed by atoms with E-state index < -0.39 is 29.3 Å². The quantitative estimate of drug-likeness (QED) is 0.566. The molecule has 4 N–H and O–H groups in total. The van der Waals surface area contributed by atoms with Crippen molar-refractivity contribution in [1.29, 1.82) is 0 Å². The minimum atomic E-state index is -1.24. The smallest absolute Gasteiger partial charge is 0.0987 e. The van der Waals surface area contributed by atoms with Gasteiger partial charge in [-0.05, 0) is 52.7 Å². The van der Waals surface area contributed by atoms with E-state index in [1.807, 2.05) is 14.1 Å². The molecule has 19 heavy (non-hydrogen) atoms. The summed E-state index contributed by atoms with van der Waals surface area (Å²) in [5, 5.41) is 41.6. The maximum Gasteiger partial charge on any atom is 0.0987 e. The van der Waals surface area contributed by atoms with Gasteiger partial charge in [-0.3, -0.25) is 0 Å². The van der Waals surface area contributed by atoms with Crippen LogP contribution in [-0.4, -0.2) is 69.4 Å². The molecule has 0 aromatic heterocycles. The molecule has 5 atom stereocenters.